The van der Waals surface area contributed by atoms with Crippen LogP contribution >= 0.6 is 35.8 Å². The number of halogens is 2. The molecule has 5 heteroatoms. The smallest absolute Gasteiger partial charge is 0.139 e. The third-order valence-corrected chi connectivity index (χ3v) is 3.45. The second kappa shape index (κ2) is 5.85. The van der Waals surface area contributed by atoms with Crippen LogP contribution in [-0.4, -0.2) is 19.9 Å². The standard InChI is InChI=1S/C10H13Cl2NOS/c1-13-7(5-15)6-3-4-8(14-2)10(12)9(6)11/h3-4,7,13,15H,5H2,1-2H3. The Morgan fingerprint density at radius 2 is 2.07 bits per heavy atom. The highest BCUT2D eigenvalue weighted by Crippen LogP contribution is 2.37. The minimum Gasteiger partial charge on any atom is -0.495 e. The Labute approximate surface area is 105 Å². The first kappa shape index (κ1) is 13.0. The topological polar surface area (TPSA) is 21.3 Å². The number of benzene rings is 1. The van der Waals surface area contributed by atoms with Gasteiger partial charge >= 0.3 is 0 Å². The van der Waals surface area contributed by atoms with Gasteiger partial charge in [0.15, 0.2) is 0 Å². The molecule has 0 heterocycles. The lowest BCUT2D eigenvalue weighted by molar-refractivity contribution is 0.414. The van der Waals surface area contributed by atoms with Gasteiger partial charge in [-0.1, -0.05) is 29.3 Å². The van der Waals surface area contributed by atoms with Crippen LogP contribution < -0.4 is 10.1 Å². The van der Waals surface area contributed by atoms with Crippen molar-refractivity contribution in [1.82, 2.24) is 5.32 Å². The van der Waals surface area contributed by atoms with E-state index in [2.05, 4.69) is 17.9 Å². The number of methoxy groups -OCH3 is 1. The molecule has 2 nitrogen and oxygen atoms in total. The van der Waals surface area contributed by atoms with Crippen LogP contribution in [0.2, 0.25) is 10.0 Å². The number of hydrogen-bond donors (Lipinski definition) is 2. The molecular formula is C10H13Cl2NOS. The van der Waals surface area contributed by atoms with Gasteiger partial charge in [-0.15, -0.1) is 0 Å². The van der Waals surface area contributed by atoms with Crippen LogP contribution in [-0.2, 0) is 0 Å². The monoisotopic (exact) mass is 265 g/mol. The third-order valence-electron chi connectivity index (χ3n) is 2.20. The minimum absolute atomic E-state index is 0.0873. The highest BCUT2D eigenvalue weighted by molar-refractivity contribution is 7.80. The lowest BCUT2D eigenvalue weighted by Gasteiger charge is -2.17. The Bertz CT molecular complexity index is 342. The molecule has 15 heavy (non-hydrogen) atoms. The molecule has 1 unspecified atom stereocenters. The van der Waals surface area contributed by atoms with Gasteiger partial charge in [0.05, 0.1) is 12.1 Å². The average molecular weight is 266 g/mol. The zero-order valence-electron chi connectivity index (χ0n) is 8.55. The molecule has 0 aliphatic rings. The largest absolute Gasteiger partial charge is 0.495 e. The molecule has 1 atom stereocenters. The molecule has 0 radical (unpaired) electrons. The maximum Gasteiger partial charge on any atom is 0.139 e. The summed E-state index contributed by atoms with van der Waals surface area (Å²) in [5.74, 6) is 1.23. The third kappa shape index (κ3) is 2.72. The molecular weight excluding hydrogens is 253 g/mol. The lowest BCUT2D eigenvalue weighted by Crippen LogP contribution is -2.18. The normalized spacial score (nSPS) is 12.6. The predicted molar refractivity (Wildman–Crippen MR) is 68.7 cm³/mol. The molecule has 0 aliphatic heterocycles. The Balaban J connectivity index is 3.16. The van der Waals surface area contributed by atoms with Crippen LogP contribution in [0, 0.1) is 0 Å². The highest BCUT2D eigenvalue weighted by Gasteiger charge is 2.16. The van der Waals surface area contributed by atoms with Crippen LogP contribution in [0.1, 0.15) is 11.6 Å². The van der Waals surface area contributed by atoms with E-state index in [1.807, 2.05) is 13.1 Å². The van der Waals surface area contributed by atoms with Crippen molar-refractivity contribution in [3.63, 3.8) is 0 Å². The molecule has 1 N–H and O–H groups in total. The van der Waals surface area contributed by atoms with Crippen LogP contribution in [0.5, 0.6) is 5.75 Å². The Kier molecular flexibility index (Phi) is 5.06. The Morgan fingerprint density at radius 1 is 1.40 bits per heavy atom. The SMILES string of the molecule is CNC(CS)c1ccc(OC)c(Cl)c1Cl. The molecule has 0 aliphatic carbocycles. The van der Waals surface area contributed by atoms with Gasteiger partial charge in [0.25, 0.3) is 0 Å². The van der Waals surface area contributed by atoms with Gasteiger partial charge in [-0.3, -0.25) is 0 Å². The molecule has 1 aromatic carbocycles. The average Bonchev–Trinajstić information content (AvgIpc) is 2.26. The van der Waals surface area contributed by atoms with Gasteiger partial charge in [-0.25, -0.2) is 0 Å². The number of ether oxygens (including phenoxy) is 1. The molecule has 84 valence electrons. The summed E-state index contributed by atoms with van der Waals surface area (Å²) in [6, 6.07) is 3.78. The summed E-state index contributed by atoms with van der Waals surface area (Å²) in [7, 11) is 3.42. The van der Waals surface area contributed by atoms with Gasteiger partial charge in [0.1, 0.15) is 10.8 Å². The first-order valence-corrected chi connectivity index (χ1v) is 5.84. The quantitative estimate of drug-likeness (QED) is 0.817. The number of thiol groups is 1. The molecule has 0 amide bonds. The maximum absolute atomic E-state index is 6.14. The van der Waals surface area contributed by atoms with Gasteiger partial charge in [-0.2, -0.15) is 12.6 Å². The fourth-order valence-corrected chi connectivity index (χ4v) is 2.23. The van der Waals surface area contributed by atoms with Crippen molar-refractivity contribution in [3.05, 3.63) is 27.7 Å². The number of nitrogens with one attached hydrogen (secondary N) is 1. The van der Waals surface area contributed by atoms with Gasteiger partial charge in [-0.05, 0) is 18.7 Å². The van der Waals surface area contributed by atoms with Crippen LogP contribution in [0.4, 0.5) is 0 Å². The summed E-state index contributed by atoms with van der Waals surface area (Å²) >= 11 is 16.4. The predicted octanol–water partition coefficient (Wildman–Crippen LogP) is 3.19. The second-order valence-electron chi connectivity index (χ2n) is 3.01. The summed E-state index contributed by atoms with van der Waals surface area (Å²) in [6.07, 6.45) is 0. The molecule has 0 spiro atoms. The van der Waals surface area contributed by atoms with Crippen LogP contribution in [0.3, 0.4) is 0 Å². The minimum atomic E-state index is 0.0873. The number of rotatable bonds is 4. The van der Waals surface area contributed by atoms with Crippen molar-refractivity contribution in [2.24, 2.45) is 0 Å². The molecule has 1 rings (SSSR count). The Hall–Kier alpha value is -0.0900. The van der Waals surface area contributed by atoms with E-state index in [0.717, 1.165) is 5.56 Å². The summed E-state index contributed by atoms with van der Waals surface area (Å²) < 4.78 is 5.07. The number of hydrogen-bond acceptors (Lipinski definition) is 3. The van der Waals surface area contributed by atoms with Gasteiger partial charge < -0.3 is 10.1 Å². The second-order valence-corrected chi connectivity index (χ2v) is 4.13. The summed E-state index contributed by atoms with van der Waals surface area (Å²) in [6.45, 7) is 0. The first-order chi connectivity index (χ1) is 7.15. The van der Waals surface area contributed by atoms with Crippen LogP contribution in [0.25, 0.3) is 0 Å². The zero-order chi connectivity index (χ0) is 11.4. The molecule has 1 aromatic rings. The van der Waals surface area contributed by atoms with Crippen molar-refractivity contribution in [2.75, 3.05) is 19.9 Å². The van der Waals surface area contributed by atoms with E-state index < -0.39 is 0 Å². The first-order valence-electron chi connectivity index (χ1n) is 4.45. The van der Waals surface area contributed by atoms with E-state index in [1.165, 1.54) is 0 Å². The maximum atomic E-state index is 6.14. The fourth-order valence-electron chi connectivity index (χ4n) is 1.32. The van der Waals surface area contributed by atoms with E-state index >= 15 is 0 Å². The van der Waals surface area contributed by atoms with E-state index in [-0.39, 0.29) is 6.04 Å². The van der Waals surface area contributed by atoms with Crippen molar-refractivity contribution in [1.29, 1.82) is 0 Å². The van der Waals surface area contributed by atoms with Crippen molar-refractivity contribution in [3.8, 4) is 5.75 Å². The molecule has 0 saturated heterocycles. The molecule has 0 saturated carbocycles. The zero-order valence-corrected chi connectivity index (χ0v) is 11.0. The Morgan fingerprint density at radius 3 is 2.53 bits per heavy atom. The molecule has 0 bridgehead atoms. The van der Waals surface area contributed by atoms with E-state index in [9.17, 15) is 0 Å². The van der Waals surface area contributed by atoms with Gasteiger partial charge in [0.2, 0.25) is 0 Å². The summed E-state index contributed by atoms with van der Waals surface area (Å²) in [5.41, 5.74) is 0.931. The summed E-state index contributed by atoms with van der Waals surface area (Å²) in [4.78, 5) is 0. The fraction of sp³-hybridized carbons (Fsp3) is 0.400. The van der Waals surface area contributed by atoms with Crippen molar-refractivity contribution < 1.29 is 4.74 Å². The highest BCUT2D eigenvalue weighted by atomic mass is 35.5. The van der Waals surface area contributed by atoms with E-state index in [4.69, 9.17) is 27.9 Å². The van der Waals surface area contributed by atoms with E-state index in [0.29, 0.717) is 21.5 Å². The molecule has 0 aromatic heterocycles. The van der Waals surface area contributed by atoms with Gasteiger partial charge in [0, 0.05) is 11.8 Å². The lowest BCUT2D eigenvalue weighted by atomic mass is 10.1. The van der Waals surface area contributed by atoms with E-state index in [1.54, 1.807) is 13.2 Å². The summed E-state index contributed by atoms with van der Waals surface area (Å²) in [5, 5.41) is 4.07. The van der Waals surface area contributed by atoms with Crippen molar-refractivity contribution >= 4 is 35.8 Å². The van der Waals surface area contributed by atoms with Crippen LogP contribution in [0.15, 0.2) is 12.1 Å². The van der Waals surface area contributed by atoms with Crippen molar-refractivity contribution in [2.45, 2.75) is 6.04 Å². The molecule has 0 fully saturated rings.